The van der Waals surface area contributed by atoms with Crippen LogP contribution in [0.2, 0.25) is 0 Å². The fourth-order valence-electron chi connectivity index (χ4n) is 1.60. The summed E-state index contributed by atoms with van der Waals surface area (Å²) in [5.41, 5.74) is 3.50. The van der Waals surface area contributed by atoms with Gasteiger partial charge in [-0.2, -0.15) is 4.98 Å². The van der Waals surface area contributed by atoms with E-state index in [1.54, 1.807) is 0 Å². The first-order valence-electron chi connectivity index (χ1n) is 6.54. The Kier molecular flexibility index (Phi) is 3.71. The standard InChI is InChI=1S/C13H22N4O/c1-7(2)9(4)18-13-8(3)11(17-14)15-12(16-13)10-5-6-10/h7,9-10H,5-6,14H2,1-4H3,(H,15,16,17). The largest absolute Gasteiger partial charge is 0.474 e. The lowest BCUT2D eigenvalue weighted by atomic mass is 10.1. The summed E-state index contributed by atoms with van der Waals surface area (Å²) in [4.78, 5) is 8.97. The highest BCUT2D eigenvalue weighted by molar-refractivity contribution is 5.48. The highest BCUT2D eigenvalue weighted by atomic mass is 16.5. The quantitative estimate of drug-likeness (QED) is 0.620. The molecule has 18 heavy (non-hydrogen) atoms. The van der Waals surface area contributed by atoms with Gasteiger partial charge in [-0.25, -0.2) is 10.8 Å². The van der Waals surface area contributed by atoms with Gasteiger partial charge in [-0.15, -0.1) is 0 Å². The highest BCUT2D eigenvalue weighted by Gasteiger charge is 2.28. The van der Waals surface area contributed by atoms with Gasteiger partial charge in [-0.1, -0.05) is 13.8 Å². The zero-order valence-corrected chi connectivity index (χ0v) is 11.5. The molecule has 1 aliphatic carbocycles. The zero-order chi connectivity index (χ0) is 13.3. The number of hydrogen-bond donors (Lipinski definition) is 2. The third-order valence-electron chi connectivity index (χ3n) is 3.43. The van der Waals surface area contributed by atoms with Crippen molar-refractivity contribution in [1.82, 2.24) is 9.97 Å². The number of rotatable bonds is 5. The van der Waals surface area contributed by atoms with E-state index in [1.807, 2.05) is 6.92 Å². The Hall–Kier alpha value is -1.36. The lowest BCUT2D eigenvalue weighted by Crippen LogP contribution is -2.21. The van der Waals surface area contributed by atoms with Crippen LogP contribution in [0.25, 0.3) is 0 Å². The summed E-state index contributed by atoms with van der Waals surface area (Å²) >= 11 is 0. The van der Waals surface area contributed by atoms with Crippen molar-refractivity contribution in [2.75, 3.05) is 5.43 Å². The van der Waals surface area contributed by atoms with Crippen LogP contribution in [0.3, 0.4) is 0 Å². The molecule has 3 N–H and O–H groups in total. The predicted octanol–water partition coefficient (Wildman–Crippen LogP) is 2.37. The summed E-state index contributed by atoms with van der Waals surface area (Å²) in [6.45, 7) is 8.24. The molecule has 1 saturated carbocycles. The van der Waals surface area contributed by atoms with Crippen LogP contribution in [0.4, 0.5) is 5.82 Å². The maximum Gasteiger partial charge on any atom is 0.222 e. The molecule has 0 saturated heterocycles. The van der Waals surface area contributed by atoms with Crippen molar-refractivity contribution >= 4 is 5.82 Å². The van der Waals surface area contributed by atoms with Crippen molar-refractivity contribution in [3.05, 3.63) is 11.4 Å². The zero-order valence-electron chi connectivity index (χ0n) is 11.5. The Morgan fingerprint density at radius 1 is 1.28 bits per heavy atom. The van der Waals surface area contributed by atoms with Crippen molar-refractivity contribution in [3.63, 3.8) is 0 Å². The number of ether oxygens (including phenoxy) is 1. The molecule has 5 heteroatoms. The topological polar surface area (TPSA) is 73.1 Å². The van der Waals surface area contributed by atoms with Crippen molar-refractivity contribution in [1.29, 1.82) is 0 Å². The van der Waals surface area contributed by atoms with Crippen molar-refractivity contribution in [2.24, 2.45) is 11.8 Å². The third-order valence-corrected chi connectivity index (χ3v) is 3.43. The summed E-state index contributed by atoms with van der Waals surface area (Å²) in [5.74, 6) is 8.59. The molecule has 1 unspecified atom stereocenters. The fourth-order valence-corrected chi connectivity index (χ4v) is 1.60. The van der Waals surface area contributed by atoms with Gasteiger partial charge in [0.05, 0.1) is 11.7 Å². The van der Waals surface area contributed by atoms with Gasteiger partial charge in [0.25, 0.3) is 0 Å². The Labute approximate surface area is 108 Å². The minimum atomic E-state index is 0.122. The van der Waals surface area contributed by atoms with Crippen LogP contribution in [-0.2, 0) is 0 Å². The van der Waals surface area contributed by atoms with Crippen molar-refractivity contribution in [3.8, 4) is 5.88 Å². The molecule has 0 bridgehead atoms. The second-order valence-corrected chi connectivity index (χ2v) is 5.35. The lowest BCUT2D eigenvalue weighted by Gasteiger charge is -2.20. The molecule has 1 aromatic heterocycles. The van der Waals surface area contributed by atoms with Crippen molar-refractivity contribution < 1.29 is 4.74 Å². The summed E-state index contributed by atoms with van der Waals surface area (Å²) in [6, 6.07) is 0. The predicted molar refractivity (Wildman–Crippen MR) is 71.5 cm³/mol. The fraction of sp³-hybridized carbons (Fsp3) is 0.692. The molecule has 1 aromatic rings. The van der Waals surface area contributed by atoms with E-state index in [4.69, 9.17) is 10.6 Å². The molecule has 5 nitrogen and oxygen atoms in total. The average Bonchev–Trinajstić information content (AvgIpc) is 3.15. The van der Waals surface area contributed by atoms with E-state index in [0.29, 0.717) is 23.5 Å². The molecular weight excluding hydrogens is 228 g/mol. The third kappa shape index (κ3) is 2.72. The summed E-state index contributed by atoms with van der Waals surface area (Å²) in [6.07, 6.45) is 2.44. The molecule has 0 amide bonds. The molecule has 100 valence electrons. The number of aromatic nitrogens is 2. The average molecular weight is 250 g/mol. The van der Waals surface area contributed by atoms with Crippen LogP contribution >= 0.6 is 0 Å². The summed E-state index contributed by atoms with van der Waals surface area (Å²) in [7, 11) is 0. The molecular formula is C13H22N4O. The number of anilines is 1. The molecule has 1 fully saturated rings. The molecule has 1 atom stereocenters. The Balaban J connectivity index is 2.29. The van der Waals surface area contributed by atoms with Gasteiger partial charge in [0.15, 0.2) is 0 Å². The normalized spacial score (nSPS) is 16.8. The van der Waals surface area contributed by atoms with E-state index < -0.39 is 0 Å². The van der Waals surface area contributed by atoms with Gasteiger partial charge in [0.2, 0.25) is 5.88 Å². The van der Waals surface area contributed by atoms with Gasteiger partial charge in [0.1, 0.15) is 11.6 Å². The first kappa shape index (κ1) is 13.1. The molecule has 0 aromatic carbocycles. The summed E-state index contributed by atoms with van der Waals surface area (Å²) < 4.78 is 5.92. The number of nitrogens with two attached hydrogens (primary N) is 1. The number of hydrazine groups is 1. The maximum absolute atomic E-state index is 5.92. The SMILES string of the molecule is Cc1c(NN)nc(C2CC2)nc1OC(C)C(C)C. The van der Waals surface area contributed by atoms with Gasteiger partial charge in [-0.3, -0.25) is 0 Å². The van der Waals surface area contributed by atoms with E-state index in [0.717, 1.165) is 24.2 Å². The van der Waals surface area contributed by atoms with E-state index in [2.05, 4.69) is 36.2 Å². The minimum absolute atomic E-state index is 0.122. The second kappa shape index (κ2) is 5.10. The maximum atomic E-state index is 5.92. The molecule has 1 heterocycles. The Morgan fingerprint density at radius 3 is 2.44 bits per heavy atom. The lowest BCUT2D eigenvalue weighted by molar-refractivity contribution is 0.161. The minimum Gasteiger partial charge on any atom is -0.474 e. The van der Waals surface area contributed by atoms with Crippen LogP contribution in [0, 0.1) is 12.8 Å². The number of nitrogen functional groups attached to an aromatic ring is 1. The molecule has 1 aliphatic rings. The Morgan fingerprint density at radius 2 is 1.94 bits per heavy atom. The van der Waals surface area contributed by atoms with E-state index in [1.165, 1.54) is 0 Å². The number of nitrogens with zero attached hydrogens (tertiary/aromatic N) is 2. The smallest absolute Gasteiger partial charge is 0.222 e. The van der Waals surface area contributed by atoms with Crippen LogP contribution in [0.5, 0.6) is 5.88 Å². The number of hydrogen-bond acceptors (Lipinski definition) is 5. The second-order valence-electron chi connectivity index (χ2n) is 5.35. The molecule has 2 rings (SSSR count). The van der Waals surface area contributed by atoms with Crippen LogP contribution in [0.1, 0.15) is 50.9 Å². The first-order chi connectivity index (χ1) is 8.52. The van der Waals surface area contributed by atoms with E-state index in [9.17, 15) is 0 Å². The van der Waals surface area contributed by atoms with E-state index in [-0.39, 0.29) is 6.10 Å². The monoisotopic (exact) mass is 250 g/mol. The van der Waals surface area contributed by atoms with Crippen LogP contribution in [0.15, 0.2) is 0 Å². The van der Waals surface area contributed by atoms with Gasteiger partial charge in [0, 0.05) is 5.92 Å². The summed E-state index contributed by atoms with van der Waals surface area (Å²) in [5, 5.41) is 0. The van der Waals surface area contributed by atoms with Crippen LogP contribution < -0.4 is 16.0 Å². The van der Waals surface area contributed by atoms with Gasteiger partial charge < -0.3 is 10.2 Å². The number of nitrogens with one attached hydrogen (secondary N) is 1. The van der Waals surface area contributed by atoms with Gasteiger partial charge >= 0.3 is 0 Å². The first-order valence-corrected chi connectivity index (χ1v) is 6.54. The molecule has 0 spiro atoms. The van der Waals surface area contributed by atoms with Gasteiger partial charge in [-0.05, 0) is 32.6 Å². The molecule has 0 radical (unpaired) electrons. The van der Waals surface area contributed by atoms with E-state index >= 15 is 0 Å². The van der Waals surface area contributed by atoms with Crippen LogP contribution in [-0.4, -0.2) is 16.1 Å². The van der Waals surface area contributed by atoms with Crippen molar-refractivity contribution in [2.45, 2.75) is 52.6 Å². The Bertz CT molecular complexity index is 429. The molecule has 0 aliphatic heterocycles. The highest BCUT2D eigenvalue weighted by Crippen LogP contribution is 2.40.